The third-order valence-corrected chi connectivity index (χ3v) is 2.12. The molecule has 0 bridgehead atoms. The van der Waals surface area contributed by atoms with E-state index in [4.69, 9.17) is 5.11 Å². The van der Waals surface area contributed by atoms with Crippen LogP contribution in [0.1, 0.15) is 42.2 Å². The quantitative estimate of drug-likeness (QED) is 0.715. The first kappa shape index (κ1) is 11.4. The number of aromatic nitrogens is 2. The third kappa shape index (κ3) is 3.19. The molecule has 0 aliphatic carbocycles. The third-order valence-electron chi connectivity index (χ3n) is 2.12. The van der Waals surface area contributed by atoms with Gasteiger partial charge in [0.25, 0.3) is 5.56 Å². The number of carbonyl (C=O) groups is 1. The largest absolute Gasteiger partial charge is 0.477 e. The Morgan fingerprint density at radius 1 is 1.53 bits per heavy atom. The van der Waals surface area contributed by atoms with Crippen LogP contribution in [-0.2, 0) is 6.42 Å². The van der Waals surface area contributed by atoms with Crippen molar-refractivity contribution in [2.75, 3.05) is 0 Å². The molecule has 0 aliphatic heterocycles. The Hall–Kier alpha value is -1.65. The van der Waals surface area contributed by atoms with E-state index in [1.54, 1.807) is 0 Å². The molecule has 0 fully saturated rings. The number of carboxylic acids is 1. The molecule has 1 rings (SSSR count). The minimum absolute atomic E-state index is 0.239. The lowest BCUT2D eigenvalue weighted by Gasteiger charge is -2.00. The number of H-pyrrole nitrogens is 1. The van der Waals surface area contributed by atoms with Gasteiger partial charge < -0.3 is 5.11 Å². The van der Waals surface area contributed by atoms with E-state index in [1.807, 2.05) is 0 Å². The van der Waals surface area contributed by atoms with Crippen LogP contribution in [0.4, 0.5) is 0 Å². The number of unbranched alkanes of at least 4 members (excludes halogenated alkanes) is 2. The Labute approximate surface area is 87.1 Å². The molecule has 2 N–H and O–H groups in total. The Morgan fingerprint density at radius 3 is 2.87 bits per heavy atom. The SMILES string of the molecule is CCCCCc1cc(C(=O)O)c(=O)[nH]n1. The van der Waals surface area contributed by atoms with Gasteiger partial charge in [0.2, 0.25) is 0 Å². The fourth-order valence-corrected chi connectivity index (χ4v) is 1.29. The summed E-state index contributed by atoms with van der Waals surface area (Å²) in [6.45, 7) is 2.09. The second-order valence-corrected chi connectivity index (χ2v) is 3.36. The number of nitrogens with one attached hydrogen (secondary N) is 1. The van der Waals surface area contributed by atoms with Crippen LogP contribution in [-0.4, -0.2) is 21.3 Å². The lowest BCUT2D eigenvalue weighted by atomic mass is 10.1. The summed E-state index contributed by atoms with van der Waals surface area (Å²) < 4.78 is 0. The van der Waals surface area contributed by atoms with E-state index in [9.17, 15) is 9.59 Å². The zero-order valence-corrected chi connectivity index (χ0v) is 8.62. The molecule has 0 saturated heterocycles. The van der Waals surface area contributed by atoms with Crippen LogP contribution in [0.25, 0.3) is 0 Å². The number of aromatic amines is 1. The van der Waals surface area contributed by atoms with E-state index >= 15 is 0 Å². The number of aryl methyl sites for hydroxylation is 1. The molecule has 15 heavy (non-hydrogen) atoms. The molecule has 1 heterocycles. The summed E-state index contributed by atoms with van der Waals surface area (Å²) in [6.07, 6.45) is 3.82. The fourth-order valence-electron chi connectivity index (χ4n) is 1.29. The van der Waals surface area contributed by atoms with Gasteiger partial charge in [0.05, 0.1) is 5.69 Å². The molecule has 0 spiro atoms. The zero-order chi connectivity index (χ0) is 11.3. The van der Waals surface area contributed by atoms with Crippen molar-refractivity contribution in [2.45, 2.75) is 32.6 Å². The minimum Gasteiger partial charge on any atom is -0.477 e. The molecule has 0 saturated carbocycles. The molecule has 0 radical (unpaired) electrons. The predicted molar refractivity (Wildman–Crippen MR) is 55.0 cm³/mol. The molecular formula is C10H14N2O3. The predicted octanol–water partition coefficient (Wildman–Crippen LogP) is 1.20. The van der Waals surface area contributed by atoms with Gasteiger partial charge in [-0.25, -0.2) is 9.89 Å². The number of nitrogens with zero attached hydrogens (tertiary/aromatic N) is 1. The van der Waals surface area contributed by atoms with Crippen molar-refractivity contribution in [1.29, 1.82) is 0 Å². The number of hydrogen-bond donors (Lipinski definition) is 2. The van der Waals surface area contributed by atoms with Crippen LogP contribution in [0.3, 0.4) is 0 Å². The standard InChI is InChI=1S/C10H14N2O3/c1-2-3-4-5-7-6-8(10(14)15)9(13)12-11-7/h6H,2-5H2,1H3,(H,12,13)(H,14,15). The average molecular weight is 210 g/mol. The number of aromatic carboxylic acids is 1. The highest BCUT2D eigenvalue weighted by Crippen LogP contribution is 2.03. The number of rotatable bonds is 5. The second kappa shape index (κ2) is 5.29. The summed E-state index contributed by atoms with van der Waals surface area (Å²) in [5.74, 6) is -1.21. The molecule has 0 unspecified atom stereocenters. The van der Waals surface area contributed by atoms with Crippen molar-refractivity contribution in [3.8, 4) is 0 Å². The van der Waals surface area contributed by atoms with Gasteiger partial charge in [0, 0.05) is 0 Å². The topological polar surface area (TPSA) is 83.0 Å². The maximum absolute atomic E-state index is 11.0. The van der Waals surface area contributed by atoms with Crippen LogP contribution in [0.15, 0.2) is 10.9 Å². The minimum atomic E-state index is -1.21. The molecule has 0 aromatic carbocycles. The van der Waals surface area contributed by atoms with Gasteiger partial charge in [-0.05, 0) is 18.9 Å². The second-order valence-electron chi connectivity index (χ2n) is 3.36. The van der Waals surface area contributed by atoms with Crippen molar-refractivity contribution in [3.05, 3.63) is 27.7 Å². The van der Waals surface area contributed by atoms with E-state index in [0.29, 0.717) is 12.1 Å². The van der Waals surface area contributed by atoms with Crippen LogP contribution in [0.2, 0.25) is 0 Å². The van der Waals surface area contributed by atoms with Crippen molar-refractivity contribution < 1.29 is 9.90 Å². The van der Waals surface area contributed by atoms with E-state index in [0.717, 1.165) is 19.3 Å². The summed E-state index contributed by atoms with van der Waals surface area (Å²) >= 11 is 0. The lowest BCUT2D eigenvalue weighted by Crippen LogP contribution is -2.19. The van der Waals surface area contributed by atoms with Crippen molar-refractivity contribution >= 4 is 5.97 Å². The number of hydrogen-bond acceptors (Lipinski definition) is 3. The van der Waals surface area contributed by atoms with Crippen LogP contribution in [0.5, 0.6) is 0 Å². The molecule has 0 amide bonds. The molecule has 5 heteroatoms. The average Bonchev–Trinajstić information content (AvgIpc) is 2.20. The Balaban J connectivity index is 2.79. The van der Waals surface area contributed by atoms with Crippen molar-refractivity contribution in [2.24, 2.45) is 0 Å². The smallest absolute Gasteiger partial charge is 0.341 e. The number of carboxylic acid groups (broad SMARTS) is 1. The van der Waals surface area contributed by atoms with Gasteiger partial charge in [-0.1, -0.05) is 19.8 Å². The van der Waals surface area contributed by atoms with Crippen LogP contribution < -0.4 is 5.56 Å². The molecule has 1 aromatic heterocycles. The zero-order valence-electron chi connectivity index (χ0n) is 8.62. The summed E-state index contributed by atoms with van der Waals surface area (Å²) in [5, 5.41) is 14.7. The lowest BCUT2D eigenvalue weighted by molar-refractivity contribution is 0.0694. The first-order chi connectivity index (χ1) is 7.15. The van der Waals surface area contributed by atoms with Gasteiger partial charge in [-0.2, -0.15) is 5.10 Å². The molecule has 0 aliphatic rings. The van der Waals surface area contributed by atoms with Gasteiger partial charge in [0.15, 0.2) is 0 Å². The van der Waals surface area contributed by atoms with E-state index in [-0.39, 0.29) is 5.56 Å². The normalized spacial score (nSPS) is 10.2. The molecule has 1 aromatic rings. The fraction of sp³-hybridized carbons (Fsp3) is 0.500. The van der Waals surface area contributed by atoms with E-state index in [1.165, 1.54) is 6.07 Å². The van der Waals surface area contributed by atoms with Crippen molar-refractivity contribution in [3.63, 3.8) is 0 Å². The maximum Gasteiger partial charge on any atom is 0.341 e. The van der Waals surface area contributed by atoms with Crippen molar-refractivity contribution in [1.82, 2.24) is 10.2 Å². The highest BCUT2D eigenvalue weighted by molar-refractivity contribution is 5.87. The maximum atomic E-state index is 11.0. The van der Waals surface area contributed by atoms with Crippen LogP contribution in [0, 0.1) is 0 Å². The Bertz CT molecular complexity index is 398. The Kier molecular flexibility index (Phi) is 4.03. The monoisotopic (exact) mass is 210 g/mol. The summed E-state index contributed by atoms with van der Waals surface area (Å²) in [5.41, 5.74) is -0.265. The summed E-state index contributed by atoms with van der Waals surface area (Å²) in [7, 11) is 0. The molecule has 0 atom stereocenters. The summed E-state index contributed by atoms with van der Waals surface area (Å²) in [4.78, 5) is 21.7. The summed E-state index contributed by atoms with van der Waals surface area (Å²) in [6, 6.07) is 1.34. The molecular weight excluding hydrogens is 196 g/mol. The molecule has 5 nitrogen and oxygen atoms in total. The van der Waals surface area contributed by atoms with Gasteiger partial charge in [-0.3, -0.25) is 4.79 Å². The Morgan fingerprint density at radius 2 is 2.27 bits per heavy atom. The highest BCUT2D eigenvalue weighted by Gasteiger charge is 2.09. The van der Waals surface area contributed by atoms with E-state index < -0.39 is 11.5 Å². The van der Waals surface area contributed by atoms with Gasteiger partial charge in [0.1, 0.15) is 5.56 Å². The first-order valence-electron chi connectivity index (χ1n) is 4.97. The van der Waals surface area contributed by atoms with Gasteiger partial charge in [-0.15, -0.1) is 0 Å². The van der Waals surface area contributed by atoms with Crippen LogP contribution >= 0.6 is 0 Å². The van der Waals surface area contributed by atoms with Gasteiger partial charge >= 0.3 is 5.97 Å². The highest BCUT2D eigenvalue weighted by atomic mass is 16.4. The van der Waals surface area contributed by atoms with E-state index in [2.05, 4.69) is 17.1 Å². The first-order valence-corrected chi connectivity index (χ1v) is 4.97. The molecule has 82 valence electrons.